The molecule has 0 spiro atoms. The lowest BCUT2D eigenvalue weighted by Crippen LogP contribution is -2.28. The normalized spacial score (nSPS) is 14.2. The summed E-state index contributed by atoms with van der Waals surface area (Å²) in [5.74, 6) is -0.580. The second kappa shape index (κ2) is 6.52. The minimum absolute atomic E-state index is 0.267. The standard InChI is InChI=1S/C10H20N2O/c1-3-5-6-7-8(10(12)13)9(11)4-2/h4,8H,3,5-7,11H2,1-2H3,(H2,12,13)/b9-4-/t8-/m1/s1. The molecule has 1 amide bonds. The molecule has 3 heteroatoms. The van der Waals surface area contributed by atoms with Gasteiger partial charge in [0.15, 0.2) is 0 Å². The van der Waals surface area contributed by atoms with E-state index in [0.717, 1.165) is 25.7 Å². The number of unbranched alkanes of at least 4 members (excludes halogenated alkanes) is 2. The Bertz CT molecular complexity index is 187. The number of hydrogen-bond donors (Lipinski definition) is 2. The molecule has 4 N–H and O–H groups in total. The number of nitrogens with two attached hydrogens (primary N) is 2. The van der Waals surface area contributed by atoms with Crippen LogP contribution in [0.15, 0.2) is 11.8 Å². The lowest BCUT2D eigenvalue weighted by Gasteiger charge is -2.12. The molecule has 0 aliphatic carbocycles. The summed E-state index contributed by atoms with van der Waals surface area (Å²) in [7, 11) is 0. The highest BCUT2D eigenvalue weighted by Crippen LogP contribution is 2.14. The number of amides is 1. The van der Waals surface area contributed by atoms with Crippen molar-refractivity contribution in [3.8, 4) is 0 Å². The van der Waals surface area contributed by atoms with E-state index in [0.29, 0.717) is 5.70 Å². The van der Waals surface area contributed by atoms with Crippen LogP contribution in [0.2, 0.25) is 0 Å². The summed E-state index contributed by atoms with van der Waals surface area (Å²) >= 11 is 0. The molecule has 0 aliphatic heterocycles. The van der Waals surface area contributed by atoms with Crippen LogP contribution >= 0.6 is 0 Å². The second-order valence-electron chi connectivity index (χ2n) is 3.24. The third kappa shape index (κ3) is 4.55. The summed E-state index contributed by atoms with van der Waals surface area (Å²) in [4.78, 5) is 11.0. The first-order valence-electron chi connectivity index (χ1n) is 4.84. The molecule has 0 unspecified atom stereocenters. The molecular formula is C10H20N2O. The third-order valence-electron chi connectivity index (χ3n) is 2.18. The van der Waals surface area contributed by atoms with Crippen LogP contribution in [-0.2, 0) is 4.79 Å². The first-order valence-corrected chi connectivity index (χ1v) is 4.84. The third-order valence-corrected chi connectivity index (χ3v) is 2.18. The molecule has 0 aromatic heterocycles. The zero-order valence-electron chi connectivity index (χ0n) is 8.55. The van der Waals surface area contributed by atoms with Crippen molar-refractivity contribution in [2.75, 3.05) is 0 Å². The second-order valence-corrected chi connectivity index (χ2v) is 3.24. The van der Waals surface area contributed by atoms with E-state index >= 15 is 0 Å². The highest BCUT2D eigenvalue weighted by atomic mass is 16.1. The number of carbonyl (C=O) groups excluding carboxylic acids is 1. The fourth-order valence-electron chi connectivity index (χ4n) is 1.27. The molecule has 0 radical (unpaired) electrons. The van der Waals surface area contributed by atoms with Gasteiger partial charge in [0.25, 0.3) is 0 Å². The van der Waals surface area contributed by atoms with E-state index in [1.165, 1.54) is 0 Å². The number of primary amides is 1. The van der Waals surface area contributed by atoms with Crippen molar-refractivity contribution in [2.24, 2.45) is 17.4 Å². The topological polar surface area (TPSA) is 69.1 Å². The van der Waals surface area contributed by atoms with Crippen molar-refractivity contribution in [1.82, 2.24) is 0 Å². The summed E-state index contributed by atoms with van der Waals surface area (Å²) in [5, 5.41) is 0. The lowest BCUT2D eigenvalue weighted by molar-refractivity contribution is -0.120. The van der Waals surface area contributed by atoms with Crippen LogP contribution < -0.4 is 11.5 Å². The predicted octanol–water partition coefficient (Wildman–Crippen LogP) is 1.53. The Balaban J connectivity index is 4.04. The van der Waals surface area contributed by atoms with Gasteiger partial charge in [0.2, 0.25) is 5.91 Å². The minimum atomic E-state index is -0.313. The summed E-state index contributed by atoms with van der Waals surface area (Å²) in [6.45, 7) is 3.95. The van der Waals surface area contributed by atoms with Gasteiger partial charge in [-0.05, 0) is 13.3 Å². The number of rotatable bonds is 6. The molecule has 0 bridgehead atoms. The highest BCUT2D eigenvalue weighted by Gasteiger charge is 2.16. The molecule has 1 atom stereocenters. The van der Waals surface area contributed by atoms with Crippen LogP contribution in [0.25, 0.3) is 0 Å². The van der Waals surface area contributed by atoms with Crippen molar-refractivity contribution >= 4 is 5.91 Å². The van der Waals surface area contributed by atoms with Gasteiger partial charge in [0.05, 0.1) is 5.92 Å². The van der Waals surface area contributed by atoms with Crippen molar-refractivity contribution < 1.29 is 4.79 Å². The SMILES string of the molecule is C/C=C(\N)[C@@H](CCCCC)C(N)=O. The Kier molecular flexibility index (Phi) is 6.02. The maximum Gasteiger partial charge on any atom is 0.226 e. The predicted molar refractivity (Wildman–Crippen MR) is 54.8 cm³/mol. The Hall–Kier alpha value is -0.990. The molecule has 0 saturated heterocycles. The number of hydrogen-bond acceptors (Lipinski definition) is 2. The number of allylic oxidation sites excluding steroid dienone is 1. The van der Waals surface area contributed by atoms with Crippen LogP contribution in [0.5, 0.6) is 0 Å². The summed E-state index contributed by atoms with van der Waals surface area (Å²) in [6.07, 6.45) is 5.81. The van der Waals surface area contributed by atoms with Gasteiger partial charge in [0.1, 0.15) is 0 Å². The molecule has 0 saturated carbocycles. The van der Waals surface area contributed by atoms with Crippen molar-refractivity contribution in [3.05, 3.63) is 11.8 Å². The van der Waals surface area contributed by atoms with Crippen molar-refractivity contribution in [2.45, 2.75) is 39.5 Å². The molecule has 0 aromatic carbocycles. The molecule has 0 aliphatic rings. The summed E-state index contributed by atoms with van der Waals surface area (Å²) < 4.78 is 0. The average Bonchev–Trinajstić information content (AvgIpc) is 2.11. The van der Waals surface area contributed by atoms with Crippen LogP contribution in [0.4, 0.5) is 0 Å². The van der Waals surface area contributed by atoms with Crippen LogP contribution in [-0.4, -0.2) is 5.91 Å². The molecule has 0 rings (SSSR count). The fourth-order valence-corrected chi connectivity index (χ4v) is 1.27. The Morgan fingerprint density at radius 3 is 2.38 bits per heavy atom. The van der Waals surface area contributed by atoms with E-state index in [4.69, 9.17) is 11.5 Å². The first kappa shape index (κ1) is 12.0. The number of carbonyl (C=O) groups is 1. The average molecular weight is 184 g/mol. The van der Waals surface area contributed by atoms with Crippen LogP contribution in [0.1, 0.15) is 39.5 Å². The monoisotopic (exact) mass is 184 g/mol. The van der Waals surface area contributed by atoms with Gasteiger partial charge in [-0.25, -0.2) is 0 Å². The van der Waals surface area contributed by atoms with E-state index in [-0.39, 0.29) is 11.8 Å². The van der Waals surface area contributed by atoms with Crippen LogP contribution in [0.3, 0.4) is 0 Å². The molecule has 13 heavy (non-hydrogen) atoms. The van der Waals surface area contributed by atoms with Gasteiger partial charge in [-0.2, -0.15) is 0 Å². The van der Waals surface area contributed by atoms with Crippen LogP contribution in [0, 0.1) is 5.92 Å². The zero-order chi connectivity index (χ0) is 10.3. The summed E-state index contributed by atoms with van der Waals surface area (Å²) in [5.41, 5.74) is 11.5. The highest BCUT2D eigenvalue weighted by molar-refractivity contribution is 5.79. The zero-order valence-corrected chi connectivity index (χ0v) is 8.55. The van der Waals surface area contributed by atoms with Gasteiger partial charge >= 0.3 is 0 Å². The van der Waals surface area contributed by atoms with E-state index < -0.39 is 0 Å². The molecule has 0 heterocycles. The van der Waals surface area contributed by atoms with Gasteiger partial charge in [-0.3, -0.25) is 4.79 Å². The fraction of sp³-hybridized carbons (Fsp3) is 0.700. The minimum Gasteiger partial charge on any atom is -0.402 e. The van der Waals surface area contributed by atoms with E-state index in [9.17, 15) is 4.79 Å². The quantitative estimate of drug-likeness (QED) is 0.615. The van der Waals surface area contributed by atoms with E-state index in [1.807, 2.05) is 6.92 Å². The van der Waals surface area contributed by atoms with Gasteiger partial charge < -0.3 is 11.5 Å². The van der Waals surface area contributed by atoms with Crippen molar-refractivity contribution in [1.29, 1.82) is 0 Å². The Morgan fingerprint density at radius 1 is 1.38 bits per heavy atom. The van der Waals surface area contributed by atoms with E-state index in [1.54, 1.807) is 6.08 Å². The van der Waals surface area contributed by atoms with Gasteiger partial charge in [0, 0.05) is 5.70 Å². The molecular weight excluding hydrogens is 164 g/mol. The van der Waals surface area contributed by atoms with Gasteiger partial charge in [-0.15, -0.1) is 0 Å². The van der Waals surface area contributed by atoms with E-state index in [2.05, 4.69) is 6.92 Å². The Morgan fingerprint density at radius 2 is 2.00 bits per heavy atom. The molecule has 76 valence electrons. The molecule has 0 aromatic rings. The Labute approximate surface area is 80.2 Å². The summed E-state index contributed by atoms with van der Waals surface area (Å²) in [6, 6.07) is 0. The molecule has 3 nitrogen and oxygen atoms in total. The molecule has 0 fully saturated rings. The first-order chi connectivity index (χ1) is 6.13. The smallest absolute Gasteiger partial charge is 0.226 e. The maximum absolute atomic E-state index is 11.0. The van der Waals surface area contributed by atoms with Gasteiger partial charge in [-0.1, -0.05) is 32.3 Å². The largest absolute Gasteiger partial charge is 0.402 e. The maximum atomic E-state index is 11.0. The lowest BCUT2D eigenvalue weighted by atomic mass is 9.97. The van der Waals surface area contributed by atoms with Crippen molar-refractivity contribution in [3.63, 3.8) is 0 Å².